The molecule has 0 aromatic heterocycles. The molecule has 4 nitrogen and oxygen atoms in total. The molecule has 0 radical (unpaired) electrons. The van der Waals surface area contributed by atoms with Crippen molar-refractivity contribution in [2.75, 3.05) is 19.8 Å². The number of aryl methyl sites for hydroxylation is 1. The van der Waals surface area contributed by atoms with Crippen molar-refractivity contribution < 1.29 is 14.3 Å². The van der Waals surface area contributed by atoms with Gasteiger partial charge in [0.05, 0.1) is 6.54 Å². The number of hydrogen-bond acceptors (Lipinski definition) is 3. The molecule has 1 aliphatic rings. The minimum absolute atomic E-state index is 0.0210. The van der Waals surface area contributed by atoms with Crippen LogP contribution >= 0.6 is 0 Å². The Morgan fingerprint density at radius 3 is 2.48 bits per heavy atom. The Bertz CT molecular complexity index is 721. The number of para-hydroxylation sites is 1. The fourth-order valence-electron chi connectivity index (χ4n) is 3.54. The normalized spacial score (nSPS) is 14.6. The van der Waals surface area contributed by atoms with E-state index in [0.717, 1.165) is 17.1 Å². The Balaban J connectivity index is 1.34. The highest BCUT2D eigenvalue weighted by Crippen LogP contribution is 2.33. The van der Waals surface area contributed by atoms with Gasteiger partial charge in [0, 0.05) is 0 Å². The maximum Gasteiger partial charge on any atom is 0.258 e. The van der Waals surface area contributed by atoms with Crippen molar-refractivity contribution in [1.29, 1.82) is 0 Å². The highest BCUT2D eigenvalue weighted by Gasteiger charge is 2.15. The van der Waals surface area contributed by atoms with E-state index in [2.05, 4.69) is 17.4 Å². The molecule has 0 spiro atoms. The van der Waals surface area contributed by atoms with Gasteiger partial charge in [0.1, 0.15) is 18.1 Å². The Kier molecular flexibility index (Phi) is 7.14. The van der Waals surface area contributed by atoms with Gasteiger partial charge in [-0.05, 0) is 55.0 Å². The van der Waals surface area contributed by atoms with Crippen molar-refractivity contribution in [2.24, 2.45) is 0 Å². The molecule has 2 aromatic rings. The van der Waals surface area contributed by atoms with Crippen LogP contribution in [0.5, 0.6) is 11.5 Å². The molecule has 0 aliphatic heterocycles. The molecule has 0 saturated heterocycles. The van der Waals surface area contributed by atoms with E-state index >= 15 is 0 Å². The van der Waals surface area contributed by atoms with Crippen molar-refractivity contribution in [3.05, 3.63) is 59.7 Å². The number of ether oxygens (including phenoxy) is 2. The number of nitrogens with one attached hydrogen (secondary N) is 1. The smallest absolute Gasteiger partial charge is 0.258 e. The third-order valence-electron chi connectivity index (χ3n) is 5.10. The molecule has 1 saturated carbocycles. The molecule has 4 heteroatoms. The second-order valence-corrected chi connectivity index (χ2v) is 7.16. The Morgan fingerprint density at radius 1 is 1.00 bits per heavy atom. The minimum atomic E-state index is -0.139. The second kappa shape index (κ2) is 10.0. The molecule has 1 N–H and O–H groups in total. The molecule has 3 rings (SSSR count). The average Bonchev–Trinajstić information content (AvgIpc) is 2.72. The lowest BCUT2D eigenvalue weighted by Crippen LogP contribution is -2.32. The predicted molar refractivity (Wildman–Crippen MR) is 107 cm³/mol. The van der Waals surface area contributed by atoms with Gasteiger partial charge in [-0.15, -0.1) is 0 Å². The maximum absolute atomic E-state index is 11.9. The van der Waals surface area contributed by atoms with Crippen LogP contribution in [0.15, 0.2) is 48.5 Å². The summed E-state index contributed by atoms with van der Waals surface area (Å²) in [6.07, 6.45) is 6.59. The lowest BCUT2D eigenvalue weighted by Gasteiger charge is -2.22. The third-order valence-corrected chi connectivity index (χ3v) is 5.10. The molecule has 1 amide bonds. The highest BCUT2D eigenvalue weighted by atomic mass is 16.5. The molecular formula is C23H29NO3. The number of rotatable bonds is 8. The largest absolute Gasteiger partial charge is 0.491 e. The van der Waals surface area contributed by atoms with E-state index in [1.807, 2.05) is 43.3 Å². The summed E-state index contributed by atoms with van der Waals surface area (Å²) in [5, 5.41) is 2.82. The van der Waals surface area contributed by atoms with E-state index in [0.29, 0.717) is 19.1 Å². The summed E-state index contributed by atoms with van der Waals surface area (Å²) in [4.78, 5) is 11.9. The number of benzene rings is 2. The number of carbonyl (C=O) groups excluding carboxylic acids is 1. The van der Waals surface area contributed by atoms with Gasteiger partial charge in [0.15, 0.2) is 6.61 Å². The molecule has 0 heterocycles. The van der Waals surface area contributed by atoms with Crippen molar-refractivity contribution in [3.63, 3.8) is 0 Å². The molecule has 0 unspecified atom stereocenters. The summed E-state index contributed by atoms with van der Waals surface area (Å²) in [5.74, 6) is 2.13. The molecule has 27 heavy (non-hydrogen) atoms. The summed E-state index contributed by atoms with van der Waals surface area (Å²) in [5.41, 5.74) is 2.48. The summed E-state index contributed by atoms with van der Waals surface area (Å²) in [6, 6.07) is 16.1. The standard InChI is InChI=1S/C23H29NO3/c1-18-7-5-6-10-22(18)26-16-15-24-23(25)17-27-21-13-11-20(12-14-21)19-8-3-2-4-9-19/h5-7,10-14,19H,2-4,8-9,15-17H2,1H3,(H,24,25). The molecule has 0 atom stereocenters. The SMILES string of the molecule is Cc1ccccc1OCCNC(=O)COc1ccc(C2CCCCC2)cc1. The minimum Gasteiger partial charge on any atom is -0.491 e. The summed E-state index contributed by atoms with van der Waals surface area (Å²) < 4.78 is 11.3. The van der Waals surface area contributed by atoms with Crippen LogP contribution in [-0.4, -0.2) is 25.7 Å². The van der Waals surface area contributed by atoms with Gasteiger partial charge >= 0.3 is 0 Å². The molecule has 1 fully saturated rings. The number of amides is 1. The number of carbonyl (C=O) groups is 1. The molecule has 144 valence electrons. The van der Waals surface area contributed by atoms with E-state index in [9.17, 15) is 4.79 Å². The predicted octanol–water partition coefficient (Wildman–Crippen LogP) is 4.62. The van der Waals surface area contributed by atoms with Gasteiger partial charge in [0.2, 0.25) is 0 Å². The first-order valence-corrected chi connectivity index (χ1v) is 9.90. The topological polar surface area (TPSA) is 47.6 Å². The lowest BCUT2D eigenvalue weighted by molar-refractivity contribution is -0.123. The maximum atomic E-state index is 11.9. The first kappa shape index (κ1) is 19.3. The third kappa shape index (κ3) is 6.02. The van der Waals surface area contributed by atoms with Crippen LogP contribution in [0.3, 0.4) is 0 Å². The average molecular weight is 367 g/mol. The van der Waals surface area contributed by atoms with E-state index in [-0.39, 0.29) is 12.5 Å². The fraction of sp³-hybridized carbons (Fsp3) is 0.435. The Morgan fingerprint density at radius 2 is 1.74 bits per heavy atom. The van der Waals surface area contributed by atoms with Crippen molar-refractivity contribution >= 4 is 5.91 Å². The molecule has 0 bridgehead atoms. The zero-order valence-electron chi connectivity index (χ0n) is 16.1. The second-order valence-electron chi connectivity index (χ2n) is 7.16. The van der Waals surface area contributed by atoms with Crippen LogP contribution in [0.1, 0.15) is 49.1 Å². The van der Waals surface area contributed by atoms with Gasteiger partial charge in [0.25, 0.3) is 5.91 Å². The van der Waals surface area contributed by atoms with Crippen LogP contribution in [0.2, 0.25) is 0 Å². The van der Waals surface area contributed by atoms with E-state index in [1.54, 1.807) is 0 Å². The van der Waals surface area contributed by atoms with Gasteiger partial charge in [-0.25, -0.2) is 0 Å². The first-order valence-electron chi connectivity index (χ1n) is 9.90. The van der Waals surface area contributed by atoms with Gasteiger partial charge in [-0.2, -0.15) is 0 Å². The van der Waals surface area contributed by atoms with Gasteiger partial charge < -0.3 is 14.8 Å². The van der Waals surface area contributed by atoms with Crippen molar-refractivity contribution in [2.45, 2.75) is 44.9 Å². The fourth-order valence-corrected chi connectivity index (χ4v) is 3.54. The monoisotopic (exact) mass is 367 g/mol. The van der Waals surface area contributed by atoms with Crippen molar-refractivity contribution in [1.82, 2.24) is 5.32 Å². The summed E-state index contributed by atoms with van der Waals surface area (Å²) in [7, 11) is 0. The first-order chi connectivity index (χ1) is 13.2. The zero-order valence-corrected chi connectivity index (χ0v) is 16.1. The lowest BCUT2D eigenvalue weighted by atomic mass is 9.84. The van der Waals surface area contributed by atoms with E-state index < -0.39 is 0 Å². The van der Waals surface area contributed by atoms with Crippen LogP contribution in [0.4, 0.5) is 0 Å². The number of hydrogen-bond donors (Lipinski definition) is 1. The summed E-state index contributed by atoms with van der Waals surface area (Å²) >= 11 is 0. The summed E-state index contributed by atoms with van der Waals surface area (Å²) in [6.45, 7) is 2.91. The van der Waals surface area contributed by atoms with Crippen LogP contribution in [0.25, 0.3) is 0 Å². The quantitative estimate of drug-likeness (QED) is 0.693. The van der Waals surface area contributed by atoms with Crippen LogP contribution < -0.4 is 14.8 Å². The Hall–Kier alpha value is -2.49. The van der Waals surface area contributed by atoms with Crippen LogP contribution in [0, 0.1) is 6.92 Å². The molecule has 2 aromatic carbocycles. The Labute approximate surface area is 161 Å². The van der Waals surface area contributed by atoms with Crippen LogP contribution in [-0.2, 0) is 4.79 Å². The highest BCUT2D eigenvalue weighted by molar-refractivity contribution is 5.77. The molecular weight excluding hydrogens is 338 g/mol. The van der Waals surface area contributed by atoms with E-state index in [4.69, 9.17) is 9.47 Å². The zero-order chi connectivity index (χ0) is 18.9. The van der Waals surface area contributed by atoms with Gasteiger partial charge in [-0.3, -0.25) is 4.79 Å². The van der Waals surface area contributed by atoms with E-state index in [1.165, 1.54) is 37.7 Å². The molecule has 1 aliphatic carbocycles. The van der Waals surface area contributed by atoms with Gasteiger partial charge in [-0.1, -0.05) is 49.6 Å². The van der Waals surface area contributed by atoms with Crippen molar-refractivity contribution in [3.8, 4) is 11.5 Å².